The average Bonchev–Trinajstić information content (AvgIpc) is 3.18. The Hall–Kier alpha value is -3.66. The predicted octanol–water partition coefficient (Wildman–Crippen LogP) is 4.20. The van der Waals surface area contributed by atoms with Crippen LogP contribution in [0.3, 0.4) is 0 Å². The highest BCUT2D eigenvalue weighted by atomic mass is 16.5. The van der Waals surface area contributed by atoms with Gasteiger partial charge in [0.05, 0.1) is 11.6 Å². The topological polar surface area (TPSA) is 104 Å². The van der Waals surface area contributed by atoms with Crippen LogP contribution in [0, 0.1) is 11.3 Å². The highest BCUT2D eigenvalue weighted by Gasteiger charge is 2.11. The lowest BCUT2D eigenvalue weighted by Gasteiger charge is -2.12. The third kappa shape index (κ3) is 4.50. The highest BCUT2D eigenvalue weighted by molar-refractivity contribution is 5.89. The number of urea groups is 1. The van der Waals surface area contributed by atoms with Crippen LogP contribution in [0.15, 0.2) is 53.1 Å². The van der Waals surface area contributed by atoms with Gasteiger partial charge in [0.25, 0.3) is 5.89 Å². The van der Waals surface area contributed by atoms with Crippen molar-refractivity contribution in [3.63, 3.8) is 0 Å². The van der Waals surface area contributed by atoms with Crippen LogP contribution in [0.4, 0.5) is 10.5 Å². The minimum atomic E-state index is -0.236. The lowest BCUT2D eigenvalue weighted by Crippen LogP contribution is -2.35. The molecular weight excluding hydrogens is 342 g/mol. The summed E-state index contributed by atoms with van der Waals surface area (Å²) in [6, 6.07) is 16.1. The molecule has 0 saturated heterocycles. The molecule has 0 unspecified atom stereocenters. The van der Waals surface area contributed by atoms with E-state index in [1.165, 1.54) is 0 Å². The van der Waals surface area contributed by atoms with Gasteiger partial charge in [-0.2, -0.15) is 10.2 Å². The number of hydrogen-bond donors (Lipinski definition) is 2. The van der Waals surface area contributed by atoms with E-state index < -0.39 is 0 Å². The summed E-state index contributed by atoms with van der Waals surface area (Å²) in [4.78, 5) is 16.2. The van der Waals surface area contributed by atoms with Gasteiger partial charge in [-0.15, -0.1) is 0 Å². The summed E-state index contributed by atoms with van der Waals surface area (Å²) < 4.78 is 5.31. The van der Waals surface area contributed by atoms with Crippen molar-refractivity contribution in [3.05, 3.63) is 54.1 Å². The third-order valence-electron chi connectivity index (χ3n) is 4.08. The van der Waals surface area contributed by atoms with Crippen LogP contribution >= 0.6 is 0 Å². The molecule has 7 nitrogen and oxygen atoms in total. The standard InChI is InChI=1S/C20H19N5O2/c1-3-13(2)22-20(26)23-17-10-8-15(9-11-17)18-24-19(27-25-18)16-6-4-14(12-21)5-7-16/h4-11,13H,3H2,1-2H3,(H2,22,23,26)/t13-/m1/s1. The van der Waals surface area contributed by atoms with E-state index in [0.717, 1.165) is 17.5 Å². The molecule has 0 aliphatic rings. The molecular formula is C20H19N5O2. The molecule has 1 atom stereocenters. The van der Waals surface area contributed by atoms with Gasteiger partial charge in [-0.05, 0) is 61.9 Å². The molecule has 0 radical (unpaired) electrons. The fourth-order valence-electron chi connectivity index (χ4n) is 2.34. The molecule has 2 amide bonds. The van der Waals surface area contributed by atoms with E-state index in [0.29, 0.717) is 23.0 Å². The maximum absolute atomic E-state index is 11.9. The van der Waals surface area contributed by atoms with E-state index in [9.17, 15) is 4.79 Å². The van der Waals surface area contributed by atoms with E-state index >= 15 is 0 Å². The number of hydrogen-bond acceptors (Lipinski definition) is 5. The minimum absolute atomic E-state index is 0.115. The first-order chi connectivity index (χ1) is 13.1. The Kier molecular flexibility index (Phi) is 5.47. The van der Waals surface area contributed by atoms with Gasteiger partial charge in [-0.25, -0.2) is 4.79 Å². The molecule has 3 aromatic rings. The summed E-state index contributed by atoms with van der Waals surface area (Å²) in [6.07, 6.45) is 0.867. The van der Waals surface area contributed by atoms with Crippen molar-refractivity contribution in [1.82, 2.24) is 15.5 Å². The second-order valence-electron chi connectivity index (χ2n) is 6.10. The summed E-state index contributed by atoms with van der Waals surface area (Å²) in [5.74, 6) is 0.828. The van der Waals surface area contributed by atoms with E-state index in [1.807, 2.05) is 26.0 Å². The number of nitriles is 1. The maximum Gasteiger partial charge on any atom is 0.319 e. The fourth-order valence-corrected chi connectivity index (χ4v) is 2.34. The SMILES string of the molecule is CC[C@@H](C)NC(=O)Nc1ccc(-c2noc(-c3ccc(C#N)cc3)n2)cc1. The highest BCUT2D eigenvalue weighted by Crippen LogP contribution is 2.23. The van der Waals surface area contributed by atoms with Crippen molar-refractivity contribution >= 4 is 11.7 Å². The number of carbonyl (C=O) groups excluding carboxylic acids is 1. The lowest BCUT2D eigenvalue weighted by molar-refractivity contribution is 0.249. The molecule has 0 spiro atoms. The zero-order chi connectivity index (χ0) is 19.2. The average molecular weight is 361 g/mol. The molecule has 0 fully saturated rings. The molecule has 2 aromatic carbocycles. The van der Waals surface area contributed by atoms with Gasteiger partial charge in [-0.3, -0.25) is 0 Å². The first-order valence-corrected chi connectivity index (χ1v) is 8.61. The largest absolute Gasteiger partial charge is 0.335 e. The number of aromatic nitrogens is 2. The molecule has 7 heteroatoms. The van der Waals surface area contributed by atoms with Crippen molar-refractivity contribution in [2.75, 3.05) is 5.32 Å². The number of amides is 2. The first-order valence-electron chi connectivity index (χ1n) is 8.61. The van der Waals surface area contributed by atoms with Crippen LogP contribution in [0.25, 0.3) is 22.8 Å². The predicted molar refractivity (Wildman–Crippen MR) is 102 cm³/mol. The molecule has 136 valence electrons. The van der Waals surface area contributed by atoms with E-state index in [-0.39, 0.29) is 12.1 Å². The second kappa shape index (κ2) is 8.15. The van der Waals surface area contributed by atoms with Crippen LogP contribution in [-0.4, -0.2) is 22.2 Å². The summed E-state index contributed by atoms with van der Waals surface area (Å²) in [6.45, 7) is 3.96. The van der Waals surface area contributed by atoms with E-state index in [1.54, 1.807) is 36.4 Å². The Labute approximate surface area is 157 Å². The molecule has 0 saturated carbocycles. The van der Waals surface area contributed by atoms with Crippen molar-refractivity contribution in [2.45, 2.75) is 26.3 Å². The van der Waals surface area contributed by atoms with Gasteiger partial charge in [0.1, 0.15) is 0 Å². The molecule has 0 bridgehead atoms. The molecule has 27 heavy (non-hydrogen) atoms. The maximum atomic E-state index is 11.9. The summed E-state index contributed by atoms with van der Waals surface area (Å²) in [5.41, 5.74) is 2.76. The first kappa shape index (κ1) is 18.1. The van der Waals surface area contributed by atoms with Crippen molar-refractivity contribution in [3.8, 4) is 28.9 Å². The van der Waals surface area contributed by atoms with Crippen LogP contribution in [-0.2, 0) is 0 Å². The molecule has 0 aliphatic heterocycles. The lowest BCUT2D eigenvalue weighted by atomic mass is 10.1. The summed E-state index contributed by atoms with van der Waals surface area (Å²) in [7, 11) is 0. The fraction of sp³-hybridized carbons (Fsp3) is 0.200. The van der Waals surface area contributed by atoms with E-state index in [2.05, 4.69) is 26.8 Å². The van der Waals surface area contributed by atoms with Crippen LogP contribution in [0.5, 0.6) is 0 Å². The number of rotatable bonds is 5. The zero-order valence-electron chi connectivity index (χ0n) is 15.1. The quantitative estimate of drug-likeness (QED) is 0.709. The summed E-state index contributed by atoms with van der Waals surface area (Å²) >= 11 is 0. The third-order valence-corrected chi connectivity index (χ3v) is 4.08. The van der Waals surface area contributed by atoms with Gasteiger partial charge < -0.3 is 15.2 Å². The monoisotopic (exact) mass is 361 g/mol. The van der Waals surface area contributed by atoms with Crippen LogP contribution < -0.4 is 10.6 Å². The number of carbonyl (C=O) groups is 1. The molecule has 1 aromatic heterocycles. The molecule has 0 aliphatic carbocycles. The van der Waals surface area contributed by atoms with Crippen molar-refractivity contribution in [1.29, 1.82) is 5.26 Å². The molecule has 2 N–H and O–H groups in total. The zero-order valence-corrected chi connectivity index (χ0v) is 15.1. The smallest absolute Gasteiger partial charge is 0.319 e. The second-order valence-corrected chi connectivity index (χ2v) is 6.10. The Morgan fingerprint density at radius 2 is 1.81 bits per heavy atom. The number of nitrogens with one attached hydrogen (secondary N) is 2. The number of nitrogens with zero attached hydrogens (tertiary/aromatic N) is 3. The van der Waals surface area contributed by atoms with Gasteiger partial charge >= 0.3 is 6.03 Å². The number of anilines is 1. The van der Waals surface area contributed by atoms with Crippen molar-refractivity contribution < 1.29 is 9.32 Å². The van der Waals surface area contributed by atoms with Crippen LogP contribution in [0.1, 0.15) is 25.8 Å². The van der Waals surface area contributed by atoms with Crippen molar-refractivity contribution in [2.24, 2.45) is 0 Å². The van der Waals surface area contributed by atoms with Gasteiger partial charge in [-0.1, -0.05) is 12.1 Å². The Morgan fingerprint density at radius 1 is 1.15 bits per heavy atom. The Balaban J connectivity index is 1.69. The summed E-state index contributed by atoms with van der Waals surface area (Å²) in [5, 5.41) is 18.5. The Morgan fingerprint density at radius 3 is 2.44 bits per heavy atom. The van der Waals surface area contributed by atoms with Crippen LogP contribution in [0.2, 0.25) is 0 Å². The number of benzene rings is 2. The van der Waals surface area contributed by atoms with Gasteiger partial charge in [0, 0.05) is 22.9 Å². The van der Waals surface area contributed by atoms with Gasteiger partial charge in [0.2, 0.25) is 5.82 Å². The minimum Gasteiger partial charge on any atom is -0.335 e. The normalized spacial score (nSPS) is 11.4. The van der Waals surface area contributed by atoms with Gasteiger partial charge in [0.15, 0.2) is 0 Å². The molecule has 3 rings (SSSR count). The molecule has 1 heterocycles. The van der Waals surface area contributed by atoms with E-state index in [4.69, 9.17) is 9.78 Å². The Bertz CT molecular complexity index is 955.